The second kappa shape index (κ2) is 7.38. The van der Waals surface area contributed by atoms with Crippen LogP contribution in [0.4, 0.5) is 0 Å². The Bertz CT molecular complexity index is 623. The Morgan fingerprint density at radius 1 is 0.714 bits per heavy atom. The molecular weight excluding hydrogens is 323 g/mol. The zero-order chi connectivity index (χ0) is 15.2. The maximum atomic E-state index is 8.77. The molecule has 2 aromatic rings. The largest absolute Gasteiger partial charge is 0.192 e. The van der Waals surface area contributed by atoms with Gasteiger partial charge in [-0.3, -0.25) is 0 Å². The highest BCUT2D eigenvalue weighted by molar-refractivity contribution is 8.01. The summed E-state index contributed by atoms with van der Waals surface area (Å²) in [7, 11) is 0. The van der Waals surface area contributed by atoms with Crippen LogP contribution in [0.5, 0.6) is 0 Å². The molecule has 21 heavy (non-hydrogen) atoms. The number of nitriles is 2. The van der Waals surface area contributed by atoms with Crippen molar-refractivity contribution >= 4 is 35.0 Å². The molecule has 2 atom stereocenters. The summed E-state index contributed by atoms with van der Waals surface area (Å²) in [6.45, 7) is 0. The van der Waals surface area contributed by atoms with Gasteiger partial charge in [0, 0.05) is 0 Å². The number of benzene rings is 2. The lowest BCUT2D eigenvalue weighted by Gasteiger charge is -2.14. The van der Waals surface area contributed by atoms with Crippen LogP contribution in [0.3, 0.4) is 0 Å². The van der Waals surface area contributed by atoms with Gasteiger partial charge in [0.25, 0.3) is 0 Å². The number of rotatable bonds is 4. The van der Waals surface area contributed by atoms with Crippen LogP contribution in [0.1, 0.15) is 31.7 Å². The van der Waals surface area contributed by atoms with Gasteiger partial charge in [0.05, 0.1) is 23.3 Å². The fourth-order valence-corrected chi connectivity index (χ4v) is 3.58. The zero-order valence-corrected chi connectivity index (χ0v) is 13.2. The minimum atomic E-state index is -0.309. The molecule has 2 rings (SSSR count). The molecule has 2 aromatic carbocycles. The predicted molar refractivity (Wildman–Crippen MR) is 87.1 cm³/mol. The third kappa shape index (κ3) is 4.16. The summed E-state index contributed by atoms with van der Waals surface area (Å²) >= 11 is 14.1. The number of hydrogen-bond donors (Lipinski definition) is 0. The molecule has 0 aliphatic rings. The van der Waals surface area contributed by atoms with Crippen LogP contribution in [0, 0.1) is 22.7 Å². The van der Waals surface area contributed by atoms with E-state index in [-0.39, 0.29) is 9.42 Å². The van der Waals surface area contributed by atoms with Crippen LogP contribution in [-0.2, 0) is 0 Å². The summed E-state index contributed by atoms with van der Waals surface area (Å²) in [5.74, 6) is 0. The fourth-order valence-electron chi connectivity index (χ4n) is 1.68. The van der Waals surface area contributed by atoms with Crippen LogP contribution in [0.2, 0.25) is 0 Å². The van der Waals surface area contributed by atoms with Crippen molar-refractivity contribution in [2.45, 2.75) is 9.42 Å². The Kier molecular flexibility index (Phi) is 5.53. The van der Waals surface area contributed by atoms with Gasteiger partial charge in [-0.2, -0.15) is 10.5 Å². The first-order chi connectivity index (χ1) is 10.1. The molecule has 0 N–H and O–H groups in total. The van der Waals surface area contributed by atoms with Crippen molar-refractivity contribution in [3.05, 3.63) is 70.8 Å². The molecule has 0 aliphatic heterocycles. The van der Waals surface area contributed by atoms with E-state index in [1.165, 1.54) is 11.8 Å². The highest BCUT2D eigenvalue weighted by atomic mass is 35.5. The summed E-state index contributed by atoms with van der Waals surface area (Å²) in [6, 6.07) is 18.4. The van der Waals surface area contributed by atoms with Crippen molar-refractivity contribution in [3.8, 4) is 12.1 Å². The first-order valence-electron chi connectivity index (χ1n) is 6.08. The monoisotopic (exact) mass is 332 g/mol. The topological polar surface area (TPSA) is 47.6 Å². The van der Waals surface area contributed by atoms with Crippen molar-refractivity contribution in [2.24, 2.45) is 0 Å². The molecule has 0 amide bonds. The first-order valence-corrected chi connectivity index (χ1v) is 7.89. The van der Waals surface area contributed by atoms with Crippen molar-refractivity contribution < 1.29 is 0 Å². The van der Waals surface area contributed by atoms with Gasteiger partial charge in [-0.1, -0.05) is 24.3 Å². The second-order valence-corrected chi connectivity index (χ2v) is 6.84. The van der Waals surface area contributed by atoms with Crippen LogP contribution in [0.25, 0.3) is 0 Å². The third-order valence-electron chi connectivity index (χ3n) is 2.84. The van der Waals surface area contributed by atoms with E-state index in [0.29, 0.717) is 11.1 Å². The summed E-state index contributed by atoms with van der Waals surface area (Å²) in [5.41, 5.74) is 3.00. The van der Waals surface area contributed by atoms with E-state index < -0.39 is 0 Å². The van der Waals surface area contributed by atoms with E-state index in [4.69, 9.17) is 33.7 Å². The average Bonchev–Trinajstić information content (AvgIpc) is 2.55. The normalized spacial score (nSPS) is 13.0. The minimum absolute atomic E-state index is 0.309. The molecule has 0 saturated carbocycles. The van der Waals surface area contributed by atoms with Crippen molar-refractivity contribution in [3.63, 3.8) is 0 Å². The van der Waals surface area contributed by atoms with Gasteiger partial charge in [-0.25, -0.2) is 0 Å². The molecule has 0 radical (unpaired) electrons. The Labute approximate surface area is 137 Å². The van der Waals surface area contributed by atoms with Gasteiger partial charge >= 0.3 is 0 Å². The maximum Gasteiger partial charge on any atom is 0.106 e. The highest BCUT2D eigenvalue weighted by Gasteiger charge is 2.16. The minimum Gasteiger partial charge on any atom is -0.192 e. The molecule has 0 heterocycles. The molecule has 5 heteroatoms. The standard InChI is InChI=1S/C16H10Cl2N2S/c17-15(13-5-1-11(9-19)2-6-13)21-16(18)14-7-3-12(10-20)4-8-14/h1-8,15-16H. The fraction of sp³-hybridized carbons (Fsp3) is 0.125. The highest BCUT2D eigenvalue weighted by Crippen LogP contribution is 2.45. The Morgan fingerprint density at radius 3 is 1.33 bits per heavy atom. The lowest BCUT2D eigenvalue weighted by molar-refractivity contribution is 1.30. The van der Waals surface area contributed by atoms with Gasteiger partial charge in [-0.15, -0.1) is 35.0 Å². The number of nitrogens with zero attached hydrogens (tertiary/aromatic N) is 2. The number of alkyl halides is 2. The third-order valence-corrected chi connectivity index (χ3v) is 4.99. The molecule has 0 bridgehead atoms. The van der Waals surface area contributed by atoms with E-state index in [1.54, 1.807) is 24.3 Å². The van der Waals surface area contributed by atoms with Gasteiger partial charge in [0.2, 0.25) is 0 Å². The quantitative estimate of drug-likeness (QED) is 0.710. The van der Waals surface area contributed by atoms with E-state index >= 15 is 0 Å². The van der Waals surface area contributed by atoms with Crippen LogP contribution < -0.4 is 0 Å². The van der Waals surface area contributed by atoms with E-state index in [2.05, 4.69) is 12.1 Å². The van der Waals surface area contributed by atoms with E-state index in [9.17, 15) is 0 Å². The summed E-state index contributed by atoms with van der Waals surface area (Å²) in [6.07, 6.45) is 0. The zero-order valence-electron chi connectivity index (χ0n) is 10.8. The molecule has 2 nitrogen and oxygen atoms in total. The molecule has 0 fully saturated rings. The first kappa shape index (κ1) is 15.7. The molecule has 0 aromatic heterocycles. The van der Waals surface area contributed by atoms with Crippen molar-refractivity contribution in [1.29, 1.82) is 10.5 Å². The molecule has 0 spiro atoms. The average molecular weight is 333 g/mol. The predicted octanol–water partition coefficient (Wildman–Crippen LogP) is 5.34. The number of hydrogen-bond acceptors (Lipinski definition) is 3. The molecule has 0 aliphatic carbocycles. The smallest absolute Gasteiger partial charge is 0.106 e. The molecular formula is C16H10Cl2N2S. The van der Waals surface area contributed by atoms with Crippen LogP contribution in [-0.4, -0.2) is 0 Å². The second-order valence-electron chi connectivity index (χ2n) is 4.24. The van der Waals surface area contributed by atoms with Gasteiger partial charge in [0.15, 0.2) is 0 Å². The van der Waals surface area contributed by atoms with Crippen molar-refractivity contribution in [2.75, 3.05) is 0 Å². The van der Waals surface area contributed by atoms with Gasteiger partial charge in [0.1, 0.15) is 9.42 Å². The lowest BCUT2D eigenvalue weighted by Crippen LogP contribution is -1.91. The SMILES string of the molecule is N#Cc1ccc(C(Cl)SC(Cl)c2ccc(C#N)cc2)cc1. The Morgan fingerprint density at radius 2 is 1.05 bits per heavy atom. The van der Waals surface area contributed by atoms with Gasteiger partial charge in [-0.05, 0) is 35.4 Å². The lowest BCUT2D eigenvalue weighted by atomic mass is 10.2. The van der Waals surface area contributed by atoms with E-state index in [0.717, 1.165) is 11.1 Å². The molecule has 104 valence electrons. The molecule has 2 unspecified atom stereocenters. The van der Waals surface area contributed by atoms with Crippen LogP contribution >= 0.6 is 35.0 Å². The summed E-state index contributed by atoms with van der Waals surface area (Å²) in [4.78, 5) is 0. The van der Waals surface area contributed by atoms with Gasteiger partial charge < -0.3 is 0 Å². The Balaban J connectivity index is 2.05. The number of halogens is 2. The van der Waals surface area contributed by atoms with Crippen molar-refractivity contribution in [1.82, 2.24) is 0 Å². The Hall–Kier alpha value is -1.65. The summed E-state index contributed by atoms with van der Waals surface area (Å²) in [5, 5.41) is 17.5. The molecule has 0 saturated heterocycles. The number of thioether (sulfide) groups is 1. The summed E-state index contributed by atoms with van der Waals surface area (Å²) < 4.78 is -0.619. The van der Waals surface area contributed by atoms with E-state index in [1.807, 2.05) is 24.3 Å². The maximum absolute atomic E-state index is 8.77. The van der Waals surface area contributed by atoms with Crippen LogP contribution in [0.15, 0.2) is 48.5 Å².